The fourth-order valence-electron chi connectivity index (χ4n) is 2.23. The molecule has 0 aliphatic heterocycles. The number of benzene rings is 1. The molecule has 0 fully saturated rings. The van der Waals surface area contributed by atoms with Gasteiger partial charge in [-0.25, -0.2) is 8.78 Å². The number of aliphatic hydroxyl groups excluding tert-OH is 1. The Labute approximate surface area is 107 Å². The van der Waals surface area contributed by atoms with Gasteiger partial charge in [-0.15, -0.1) is 0 Å². The maximum Gasteiger partial charge on any atom is 0.134 e. The Morgan fingerprint density at radius 3 is 2.28 bits per heavy atom. The first-order chi connectivity index (χ1) is 8.43. The van der Waals surface area contributed by atoms with Crippen LogP contribution in [0.3, 0.4) is 0 Å². The standard InChI is InChI=1S/C14H20F2O2/c1-5-14(6-2,18-4)13(17)11-10(15)8-7-9(3)12(11)16/h7-8,13,17H,5-6H2,1-4H3. The van der Waals surface area contributed by atoms with Crippen LogP contribution in [0.5, 0.6) is 0 Å². The van der Waals surface area contributed by atoms with E-state index in [2.05, 4.69) is 0 Å². The van der Waals surface area contributed by atoms with E-state index in [-0.39, 0.29) is 5.56 Å². The van der Waals surface area contributed by atoms with Gasteiger partial charge in [0.05, 0.1) is 11.2 Å². The quantitative estimate of drug-likeness (QED) is 0.875. The van der Waals surface area contributed by atoms with Crippen LogP contribution in [0.4, 0.5) is 8.78 Å². The highest BCUT2D eigenvalue weighted by Crippen LogP contribution is 2.37. The second-order valence-corrected chi connectivity index (χ2v) is 4.47. The molecule has 1 N–H and O–H groups in total. The van der Waals surface area contributed by atoms with Gasteiger partial charge >= 0.3 is 0 Å². The number of rotatable bonds is 5. The summed E-state index contributed by atoms with van der Waals surface area (Å²) in [5.41, 5.74) is -0.960. The molecular weight excluding hydrogens is 238 g/mol. The lowest BCUT2D eigenvalue weighted by Crippen LogP contribution is -2.38. The Balaban J connectivity index is 3.33. The van der Waals surface area contributed by atoms with Gasteiger partial charge in [-0.3, -0.25) is 0 Å². The lowest BCUT2D eigenvalue weighted by Gasteiger charge is -2.35. The third kappa shape index (κ3) is 2.40. The topological polar surface area (TPSA) is 29.5 Å². The van der Waals surface area contributed by atoms with Crippen molar-refractivity contribution < 1.29 is 18.6 Å². The van der Waals surface area contributed by atoms with Crippen molar-refractivity contribution in [2.24, 2.45) is 0 Å². The number of hydrogen-bond donors (Lipinski definition) is 1. The van der Waals surface area contributed by atoms with Crippen molar-refractivity contribution in [3.63, 3.8) is 0 Å². The third-order valence-corrected chi connectivity index (χ3v) is 3.69. The molecule has 1 aromatic carbocycles. The van der Waals surface area contributed by atoms with Crippen LogP contribution in [-0.4, -0.2) is 17.8 Å². The normalized spacial score (nSPS) is 13.7. The van der Waals surface area contributed by atoms with Gasteiger partial charge in [0.25, 0.3) is 0 Å². The van der Waals surface area contributed by atoms with E-state index in [0.29, 0.717) is 18.4 Å². The van der Waals surface area contributed by atoms with Crippen LogP contribution >= 0.6 is 0 Å². The Morgan fingerprint density at radius 2 is 1.83 bits per heavy atom. The highest BCUT2D eigenvalue weighted by atomic mass is 19.1. The summed E-state index contributed by atoms with van der Waals surface area (Å²) in [7, 11) is 1.45. The van der Waals surface area contributed by atoms with Gasteiger partial charge in [0.2, 0.25) is 0 Å². The van der Waals surface area contributed by atoms with Crippen LogP contribution in [0.2, 0.25) is 0 Å². The summed E-state index contributed by atoms with van der Waals surface area (Å²) in [6.07, 6.45) is -0.389. The summed E-state index contributed by atoms with van der Waals surface area (Å²) in [6.45, 7) is 5.18. The highest BCUT2D eigenvalue weighted by molar-refractivity contribution is 5.30. The van der Waals surface area contributed by atoms with Crippen molar-refractivity contribution in [2.45, 2.75) is 45.3 Å². The molecule has 0 saturated heterocycles. The van der Waals surface area contributed by atoms with Crippen molar-refractivity contribution in [1.29, 1.82) is 0 Å². The molecule has 0 aromatic heterocycles. The van der Waals surface area contributed by atoms with Crippen LogP contribution in [0, 0.1) is 18.6 Å². The minimum Gasteiger partial charge on any atom is -0.385 e. The molecule has 0 saturated carbocycles. The minimum absolute atomic E-state index is 0.305. The molecule has 102 valence electrons. The zero-order chi connectivity index (χ0) is 13.9. The number of aryl methyl sites for hydroxylation is 1. The predicted octanol–water partition coefficient (Wildman–Crippen LogP) is 3.51. The molecule has 0 heterocycles. The molecule has 0 aliphatic carbocycles. The average Bonchev–Trinajstić information content (AvgIpc) is 2.37. The molecule has 0 amide bonds. The Morgan fingerprint density at radius 1 is 1.28 bits per heavy atom. The summed E-state index contributed by atoms with van der Waals surface area (Å²) >= 11 is 0. The van der Waals surface area contributed by atoms with E-state index in [1.807, 2.05) is 13.8 Å². The summed E-state index contributed by atoms with van der Waals surface area (Å²) in [5.74, 6) is -1.44. The lowest BCUT2D eigenvalue weighted by molar-refractivity contribution is -0.112. The van der Waals surface area contributed by atoms with Gasteiger partial charge in [0.15, 0.2) is 0 Å². The zero-order valence-corrected chi connectivity index (χ0v) is 11.3. The van der Waals surface area contributed by atoms with Crippen molar-refractivity contribution in [2.75, 3.05) is 7.11 Å². The number of ether oxygens (including phenoxy) is 1. The molecule has 1 rings (SSSR count). The van der Waals surface area contributed by atoms with Crippen LogP contribution in [-0.2, 0) is 4.74 Å². The van der Waals surface area contributed by atoms with Crippen molar-refractivity contribution in [3.8, 4) is 0 Å². The first-order valence-corrected chi connectivity index (χ1v) is 6.11. The van der Waals surface area contributed by atoms with Gasteiger partial charge in [0, 0.05) is 7.11 Å². The second-order valence-electron chi connectivity index (χ2n) is 4.47. The second kappa shape index (κ2) is 5.76. The Hall–Kier alpha value is -1.00. The lowest BCUT2D eigenvalue weighted by atomic mass is 9.85. The number of hydrogen-bond acceptors (Lipinski definition) is 2. The van der Waals surface area contributed by atoms with E-state index in [1.165, 1.54) is 26.2 Å². The number of aliphatic hydroxyl groups is 1. The van der Waals surface area contributed by atoms with E-state index in [9.17, 15) is 13.9 Å². The number of methoxy groups -OCH3 is 1. The van der Waals surface area contributed by atoms with Gasteiger partial charge in [-0.1, -0.05) is 19.9 Å². The van der Waals surface area contributed by atoms with Crippen molar-refractivity contribution in [3.05, 3.63) is 34.9 Å². The van der Waals surface area contributed by atoms with Crippen LogP contribution in [0.1, 0.15) is 43.9 Å². The van der Waals surface area contributed by atoms with E-state index < -0.39 is 23.3 Å². The zero-order valence-electron chi connectivity index (χ0n) is 11.3. The largest absolute Gasteiger partial charge is 0.385 e. The Bertz CT molecular complexity index is 406. The first kappa shape index (κ1) is 15.1. The molecule has 2 nitrogen and oxygen atoms in total. The van der Waals surface area contributed by atoms with E-state index in [1.54, 1.807) is 0 Å². The Kier molecular flexibility index (Phi) is 4.82. The van der Waals surface area contributed by atoms with Gasteiger partial charge in [0.1, 0.15) is 17.7 Å². The summed E-state index contributed by atoms with van der Waals surface area (Å²) in [5, 5.41) is 10.3. The average molecular weight is 258 g/mol. The molecule has 1 unspecified atom stereocenters. The minimum atomic E-state index is -1.32. The summed E-state index contributed by atoms with van der Waals surface area (Å²) in [6, 6.07) is 2.52. The SMILES string of the molecule is CCC(CC)(OC)C(O)c1c(F)ccc(C)c1F. The fraction of sp³-hybridized carbons (Fsp3) is 0.571. The molecule has 0 bridgehead atoms. The monoisotopic (exact) mass is 258 g/mol. The molecule has 0 spiro atoms. The van der Waals surface area contributed by atoms with Gasteiger partial charge < -0.3 is 9.84 Å². The molecular formula is C14H20F2O2. The van der Waals surface area contributed by atoms with Crippen molar-refractivity contribution >= 4 is 0 Å². The maximum atomic E-state index is 14.0. The third-order valence-electron chi connectivity index (χ3n) is 3.69. The first-order valence-electron chi connectivity index (χ1n) is 6.11. The van der Waals surface area contributed by atoms with Gasteiger partial charge in [-0.05, 0) is 31.4 Å². The maximum absolute atomic E-state index is 14.0. The van der Waals surface area contributed by atoms with E-state index >= 15 is 0 Å². The van der Waals surface area contributed by atoms with Crippen LogP contribution in [0.15, 0.2) is 12.1 Å². The summed E-state index contributed by atoms with van der Waals surface area (Å²) in [4.78, 5) is 0. The van der Waals surface area contributed by atoms with Gasteiger partial charge in [-0.2, -0.15) is 0 Å². The van der Waals surface area contributed by atoms with E-state index in [4.69, 9.17) is 4.74 Å². The molecule has 0 aliphatic rings. The fourth-order valence-corrected chi connectivity index (χ4v) is 2.23. The van der Waals surface area contributed by atoms with Crippen molar-refractivity contribution in [1.82, 2.24) is 0 Å². The molecule has 1 aromatic rings. The molecule has 4 heteroatoms. The van der Waals surface area contributed by atoms with Crippen LogP contribution in [0.25, 0.3) is 0 Å². The summed E-state index contributed by atoms with van der Waals surface area (Å²) < 4.78 is 33.1. The van der Waals surface area contributed by atoms with E-state index in [0.717, 1.165) is 0 Å². The predicted molar refractivity (Wildman–Crippen MR) is 66.4 cm³/mol. The van der Waals surface area contributed by atoms with Crippen LogP contribution < -0.4 is 0 Å². The smallest absolute Gasteiger partial charge is 0.134 e. The highest BCUT2D eigenvalue weighted by Gasteiger charge is 2.38. The molecule has 1 atom stereocenters. The number of halogens is 2. The molecule has 0 radical (unpaired) electrons. The molecule has 18 heavy (non-hydrogen) atoms.